The van der Waals surface area contributed by atoms with Gasteiger partial charge >= 0.3 is 0 Å². The Bertz CT molecular complexity index is 283. The summed E-state index contributed by atoms with van der Waals surface area (Å²) >= 11 is 0. The first-order valence-corrected chi connectivity index (χ1v) is 7.78. The number of nitrogens with zero attached hydrogens (tertiary/aromatic N) is 1. The fraction of sp³-hybridized carbons (Fsp3) is 0.933. The molecular weight excluding hydrogens is 242 g/mol. The summed E-state index contributed by atoms with van der Waals surface area (Å²) in [5, 5.41) is 8.71. The summed E-state index contributed by atoms with van der Waals surface area (Å²) < 4.78 is 5.37. The van der Waals surface area contributed by atoms with Crippen molar-refractivity contribution in [1.29, 1.82) is 0 Å². The number of ether oxygens (including phenoxy) is 1. The number of ketones is 1. The van der Waals surface area contributed by atoms with Crippen molar-refractivity contribution >= 4 is 5.78 Å². The molecule has 1 saturated carbocycles. The van der Waals surface area contributed by atoms with Crippen LogP contribution in [0.3, 0.4) is 0 Å². The molecule has 1 aliphatic carbocycles. The van der Waals surface area contributed by atoms with Gasteiger partial charge in [-0.2, -0.15) is 0 Å². The number of Topliss-reactive ketones (excluding diaryl/α,β-unsaturated/α-hetero) is 1. The third-order valence-electron chi connectivity index (χ3n) is 4.49. The van der Waals surface area contributed by atoms with E-state index < -0.39 is 0 Å². The van der Waals surface area contributed by atoms with Crippen LogP contribution in [-0.4, -0.2) is 54.7 Å². The lowest BCUT2D eigenvalue weighted by molar-refractivity contribution is -0.127. The lowest BCUT2D eigenvalue weighted by atomic mass is 9.79. The minimum atomic E-state index is 0.0878. The Morgan fingerprint density at radius 2 is 2.00 bits per heavy atom. The van der Waals surface area contributed by atoms with Crippen molar-refractivity contribution in [1.82, 2.24) is 4.90 Å². The van der Waals surface area contributed by atoms with Gasteiger partial charge in [-0.3, -0.25) is 9.69 Å². The molecule has 110 valence electrons. The van der Waals surface area contributed by atoms with Crippen LogP contribution in [0.1, 0.15) is 44.9 Å². The molecular formula is C15H27NO3. The van der Waals surface area contributed by atoms with E-state index in [0.717, 1.165) is 38.8 Å². The third kappa shape index (κ3) is 4.26. The zero-order valence-corrected chi connectivity index (χ0v) is 11.9. The maximum Gasteiger partial charge on any atom is 0.137 e. The van der Waals surface area contributed by atoms with Crippen molar-refractivity contribution in [3.63, 3.8) is 0 Å². The Morgan fingerprint density at radius 3 is 2.79 bits per heavy atom. The molecule has 2 aliphatic rings. The van der Waals surface area contributed by atoms with Gasteiger partial charge in [-0.25, -0.2) is 0 Å². The number of aliphatic hydroxyl groups excluding tert-OH is 1. The van der Waals surface area contributed by atoms with Gasteiger partial charge in [-0.15, -0.1) is 0 Å². The van der Waals surface area contributed by atoms with Crippen LogP contribution < -0.4 is 0 Å². The average molecular weight is 269 g/mol. The third-order valence-corrected chi connectivity index (χ3v) is 4.49. The molecule has 1 aliphatic heterocycles. The highest BCUT2D eigenvalue weighted by atomic mass is 16.5. The molecule has 0 spiro atoms. The van der Waals surface area contributed by atoms with E-state index in [4.69, 9.17) is 9.84 Å². The second-order valence-electron chi connectivity index (χ2n) is 5.75. The van der Waals surface area contributed by atoms with Crippen LogP contribution in [0.15, 0.2) is 0 Å². The predicted octanol–water partition coefficient (Wildman–Crippen LogP) is 1.61. The van der Waals surface area contributed by atoms with E-state index in [-0.39, 0.29) is 12.5 Å². The van der Waals surface area contributed by atoms with E-state index >= 15 is 0 Å². The lowest BCUT2D eigenvalue weighted by Gasteiger charge is -2.41. The maximum atomic E-state index is 12.1. The summed E-state index contributed by atoms with van der Waals surface area (Å²) in [6.07, 6.45) is 7.81. The highest BCUT2D eigenvalue weighted by Gasteiger charge is 2.34. The number of hydrogen-bond donors (Lipinski definition) is 1. The van der Waals surface area contributed by atoms with Crippen molar-refractivity contribution in [3.05, 3.63) is 0 Å². The van der Waals surface area contributed by atoms with E-state index in [2.05, 4.69) is 4.90 Å². The fourth-order valence-corrected chi connectivity index (χ4v) is 3.52. The number of carbonyl (C=O) groups is 1. The largest absolute Gasteiger partial charge is 0.394 e. The van der Waals surface area contributed by atoms with Gasteiger partial charge in [0.05, 0.1) is 19.8 Å². The van der Waals surface area contributed by atoms with Gasteiger partial charge in [0.1, 0.15) is 5.78 Å². The normalized spacial score (nSPS) is 29.6. The summed E-state index contributed by atoms with van der Waals surface area (Å²) in [7, 11) is 0. The van der Waals surface area contributed by atoms with Crippen LogP contribution in [0.2, 0.25) is 0 Å². The van der Waals surface area contributed by atoms with Crippen molar-refractivity contribution in [2.45, 2.75) is 51.0 Å². The molecule has 2 fully saturated rings. The van der Waals surface area contributed by atoms with Gasteiger partial charge in [0.25, 0.3) is 0 Å². The molecule has 0 radical (unpaired) electrons. The fourth-order valence-electron chi connectivity index (χ4n) is 3.52. The van der Waals surface area contributed by atoms with Crippen molar-refractivity contribution in [2.75, 3.05) is 32.9 Å². The van der Waals surface area contributed by atoms with Crippen molar-refractivity contribution in [2.24, 2.45) is 5.92 Å². The van der Waals surface area contributed by atoms with E-state index in [1.54, 1.807) is 0 Å². The summed E-state index contributed by atoms with van der Waals surface area (Å²) in [5.74, 6) is 0.756. The molecule has 0 aromatic carbocycles. The first kappa shape index (κ1) is 14.9. The number of piperidine rings is 1. The predicted molar refractivity (Wildman–Crippen MR) is 74.1 cm³/mol. The smallest absolute Gasteiger partial charge is 0.137 e. The maximum absolute atomic E-state index is 12.1. The van der Waals surface area contributed by atoms with Gasteiger partial charge in [0, 0.05) is 24.9 Å². The van der Waals surface area contributed by atoms with E-state index in [1.165, 1.54) is 19.3 Å². The molecule has 0 aromatic heterocycles. The van der Waals surface area contributed by atoms with Crippen LogP contribution in [0, 0.1) is 5.92 Å². The molecule has 19 heavy (non-hydrogen) atoms. The highest BCUT2D eigenvalue weighted by Crippen LogP contribution is 2.31. The highest BCUT2D eigenvalue weighted by molar-refractivity contribution is 5.82. The van der Waals surface area contributed by atoms with Crippen LogP contribution in [0.25, 0.3) is 0 Å². The van der Waals surface area contributed by atoms with Crippen LogP contribution in [-0.2, 0) is 9.53 Å². The Labute approximate surface area is 116 Å². The molecule has 1 saturated heterocycles. The number of rotatable bonds is 6. The van der Waals surface area contributed by atoms with Gasteiger partial charge in [0.15, 0.2) is 0 Å². The molecule has 0 amide bonds. The number of likely N-dealkylation sites (tertiary alicyclic amines) is 1. The zero-order chi connectivity index (χ0) is 13.5. The molecule has 2 unspecified atom stereocenters. The molecule has 2 rings (SSSR count). The Kier molecular flexibility index (Phi) is 6.28. The Morgan fingerprint density at radius 1 is 1.16 bits per heavy atom. The standard InChI is InChI=1S/C15H27NO3/c17-10-12-19-11-9-16-8-4-3-6-14(16)13-5-1-2-7-15(13)18/h13-14,17H,1-12H2. The molecule has 4 nitrogen and oxygen atoms in total. The molecule has 1 N–H and O–H groups in total. The number of carbonyl (C=O) groups excluding carboxylic acids is 1. The van der Waals surface area contributed by atoms with E-state index in [9.17, 15) is 4.79 Å². The Balaban J connectivity index is 1.85. The van der Waals surface area contributed by atoms with Gasteiger partial charge < -0.3 is 9.84 Å². The summed E-state index contributed by atoms with van der Waals surface area (Å²) in [6.45, 7) is 3.16. The average Bonchev–Trinajstić information content (AvgIpc) is 2.45. The lowest BCUT2D eigenvalue weighted by Crippen LogP contribution is -2.48. The zero-order valence-electron chi connectivity index (χ0n) is 11.9. The topological polar surface area (TPSA) is 49.8 Å². The van der Waals surface area contributed by atoms with Crippen molar-refractivity contribution < 1.29 is 14.6 Å². The van der Waals surface area contributed by atoms with E-state index in [1.807, 2.05) is 0 Å². The summed E-state index contributed by atoms with van der Waals surface area (Å²) in [4.78, 5) is 14.6. The van der Waals surface area contributed by atoms with Crippen LogP contribution >= 0.6 is 0 Å². The first-order valence-electron chi connectivity index (χ1n) is 7.78. The van der Waals surface area contributed by atoms with Crippen LogP contribution in [0.4, 0.5) is 0 Å². The molecule has 2 atom stereocenters. The molecule has 4 heteroatoms. The van der Waals surface area contributed by atoms with Gasteiger partial charge in [-0.1, -0.05) is 12.8 Å². The SMILES string of the molecule is O=C1CCCCC1C1CCCCN1CCOCCO. The molecule has 1 heterocycles. The van der Waals surface area contributed by atoms with Gasteiger partial charge in [0.2, 0.25) is 0 Å². The van der Waals surface area contributed by atoms with Crippen molar-refractivity contribution in [3.8, 4) is 0 Å². The summed E-state index contributed by atoms with van der Waals surface area (Å²) in [5.41, 5.74) is 0. The van der Waals surface area contributed by atoms with Gasteiger partial charge in [-0.05, 0) is 32.2 Å². The monoisotopic (exact) mass is 269 g/mol. The minimum Gasteiger partial charge on any atom is -0.394 e. The number of hydrogen-bond acceptors (Lipinski definition) is 4. The quantitative estimate of drug-likeness (QED) is 0.744. The second kappa shape index (κ2) is 7.98. The Hall–Kier alpha value is -0.450. The van der Waals surface area contributed by atoms with Crippen LogP contribution in [0.5, 0.6) is 0 Å². The minimum absolute atomic E-state index is 0.0878. The molecule has 0 aromatic rings. The molecule has 0 bridgehead atoms. The summed E-state index contributed by atoms with van der Waals surface area (Å²) in [6, 6.07) is 0.444. The van der Waals surface area contributed by atoms with E-state index in [0.29, 0.717) is 25.0 Å². The first-order chi connectivity index (χ1) is 9.33. The number of aliphatic hydroxyl groups is 1. The second-order valence-corrected chi connectivity index (χ2v) is 5.75.